The molecule has 0 aromatic heterocycles. The Kier molecular flexibility index (Phi) is 14.1. The average Bonchev–Trinajstić information content (AvgIpc) is 2.75. The lowest BCUT2D eigenvalue weighted by atomic mass is 10.0. The maximum atomic E-state index is 12.8. The molecule has 0 radical (unpaired) electrons. The Morgan fingerprint density at radius 2 is 1.36 bits per heavy atom. The first-order chi connectivity index (χ1) is 16.6. The van der Waals surface area contributed by atoms with Crippen molar-refractivity contribution < 1.29 is 39.0 Å². The Labute approximate surface area is 207 Å². The summed E-state index contributed by atoms with van der Waals surface area (Å²) in [5, 5.41) is 24.9. The summed E-state index contributed by atoms with van der Waals surface area (Å²) in [4.78, 5) is 75.5. The molecule has 0 aliphatic rings. The second-order valence-corrected chi connectivity index (χ2v) is 8.34. The minimum absolute atomic E-state index is 0.131. The molecule has 16 nitrogen and oxygen atoms in total. The zero-order chi connectivity index (χ0) is 28.0. The lowest BCUT2D eigenvalue weighted by Crippen LogP contribution is -2.58. The molecule has 4 amide bonds. The Hall–Kier alpha value is -3.95. The average molecular weight is 517 g/mol. The third-order valence-corrected chi connectivity index (χ3v) is 4.87. The maximum absolute atomic E-state index is 12.8. The lowest BCUT2D eigenvalue weighted by Gasteiger charge is -2.25. The molecule has 0 aromatic rings. The van der Waals surface area contributed by atoms with Crippen LogP contribution in [0.1, 0.15) is 46.0 Å². The molecule has 16 heteroatoms. The zero-order valence-electron chi connectivity index (χ0n) is 20.2. The molecule has 0 unspecified atom stereocenters. The minimum Gasteiger partial charge on any atom is -0.481 e. The van der Waals surface area contributed by atoms with Crippen molar-refractivity contribution in [1.29, 1.82) is 0 Å². The summed E-state index contributed by atoms with van der Waals surface area (Å²) in [6.45, 7) is 3.40. The number of nitrogens with two attached hydrogens (primary N) is 4. The van der Waals surface area contributed by atoms with E-state index in [1.807, 2.05) is 0 Å². The number of carbonyl (C=O) groups is 6. The molecule has 36 heavy (non-hydrogen) atoms. The molecule has 0 aliphatic carbocycles. The molecule has 13 N–H and O–H groups in total. The van der Waals surface area contributed by atoms with E-state index in [-0.39, 0.29) is 25.3 Å². The molecular formula is C20H36N8O8. The van der Waals surface area contributed by atoms with Gasteiger partial charge in [-0.25, -0.2) is 0 Å². The van der Waals surface area contributed by atoms with E-state index in [0.29, 0.717) is 6.42 Å². The van der Waals surface area contributed by atoms with Crippen LogP contribution in [0.2, 0.25) is 0 Å². The van der Waals surface area contributed by atoms with E-state index in [4.69, 9.17) is 33.1 Å². The molecule has 0 bridgehead atoms. The van der Waals surface area contributed by atoms with Crippen LogP contribution in [-0.4, -0.2) is 82.5 Å². The molecule has 0 aliphatic heterocycles. The highest BCUT2D eigenvalue weighted by molar-refractivity contribution is 5.96. The van der Waals surface area contributed by atoms with Gasteiger partial charge < -0.3 is 49.1 Å². The normalized spacial score (nSPS) is 14.0. The van der Waals surface area contributed by atoms with Gasteiger partial charge in [0.15, 0.2) is 5.96 Å². The number of carbonyl (C=O) groups excluding carboxylic acids is 4. The van der Waals surface area contributed by atoms with Crippen molar-refractivity contribution in [3.05, 3.63) is 0 Å². The molecule has 0 saturated heterocycles. The first-order valence-corrected chi connectivity index (χ1v) is 11.1. The smallest absolute Gasteiger partial charge is 0.305 e. The molecule has 0 heterocycles. The largest absolute Gasteiger partial charge is 0.481 e. The number of nitrogens with zero attached hydrogens (tertiary/aromatic N) is 1. The fourth-order valence-corrected chi connectivity index (χ4v) is 2.94. The molecular weight excluding hydrogens is 480 g/mol. The van der Waals surface area contributed by atoms with E-state index in [2.05, 4.69) is 20.9 Å². The summed E-state index contributed by atoms with van der Waals surface area (Å²) in [6.07, 6.45) is -1.26. The van der Waals surface area contributed by atoms with Crippen molar-refractivity contribution in [2.45, 2.75) is 70.1 Å². The van der Waals surface area contributed by atoms with Crippen LogP contribution in [0.25, 0.3) is 0 Å². The molecule has 4 atom stereocenters. The van der Waals surface area contributed by atoms with Crippen LogP contribution >= 0.6 is 0 Å². The summed E-state index contributed by atoms with van der Waals surface area (Å²) in [6, 6.07) is -5.31. The predicted octanol–water partition coefficient (Wildman–Crippen LogP) is -3.70. The Morgan fingerprint density at radius 3 is 1.83 bits per heavy atom. The van der Waals surface area contributed by atoms with Gasteiger partial charge in [0, 0.05) is 13.0 Å². The van der Waals surface area contributed by atoms with E-state index in [0.717, 1.165) is 0 Å². The van der Waals surface area contributed by atoms with Crippen molar-refractivity contribution in [3.8, 4) is 0 Å². The number of nitrogens with one attached hydrogen (secondary N) is 3. The highest BCUT2D eigenvalue weighted by Crippen LogP contribution is 2.06. The summed E-state index contributed by atoms with van der Waals surface area (Å²) in [5.41, 5.74) is 21.5. The number of carboxylic acid groups (broad SMARTS) is 2. The van der Waals surface area contributed by atoms with Gasteiger partial charge in [0.05, 0.1) is 12.5 Å². The number of hydrogen-bond donors (Lipinski definition) is 9. The topological polar surface area (TPSA) is 295 Å². The number of hydrogen-bond acceptors (Lipinski definition) is 8. The summed E-state index contributed by atoms with van der Waals surface area (Å²) in [5.74, 6) is -6.91. The second kappa shape index (κ2) is 15.9. The third kappa shape index (κ3) is 13.1. The van der Waals surface area contributed by atoms with E-state index in [1.165, 1.54) is 0 Å². The SMILES string of the molecule is CC(C)[C@H](NC(=O)[C@H](CC(=O)O)NC(=O)[C@H](CCC(=O)O)NC(=O)[C@@H](N)CCCN=C(N)N)C(N)=O. The first-order valence-electron chi connectivity index (χ1n) is 11.1. The standard InChI is InChI=1S/C20H36N8O8/c1-9(2)15(16(22)33)28-19(36)12(8-14(31)32)27-18(35)11(5-6-13(29)30)26-17(34)10(21)4-3-7-25-20(23)24/h9-12,15H,3-8,21H2,1-2H3,(H2,22,33)(H,26,34)(H,27,35)(H,28,36)(H,29,30)(H,31,32)(H4,23,24,25)/t10-,11-,12-,15-/m0/s1. The fraction of sp³-hybridized carbons (Fsp3) is 0.650. The monoisotopic (exact) mass is 516 g/mol. The van der Waals surface area contributed by atoms with Crippen LogP contribution in [0.3, 0.4) is 0 Å². The summed E-state index contributed by atoms with van der Waals surface area (Å²) >= 11 is 0. The number of amides is 4. The number of guanidine groups is 1. The quantitative estimate of drug-likeness (QED) is 0.0514. The molecule has 0 fully saturated rings. The van der Waals surface area contributed by atoms with Crippen LogP contribution in [0.5, 0.6) is 0 Å². The van der Waals surface area contributed by atoms with E-state index >= 15 is 0 Å². The van der Waals surface area contributed by atoms with E-state index < -0.39 is 78.5 Å². The van der Waals surface area contributed by atoms with Gasteiger partial charge in [0.1, 0.15) is 18.1 Å². The number of rotatable bonds is 17. The van der Waals surface area contributed by atoms with Crippen LogP contribution in [0, 0.1) is 5.92 Å². The third-order valence-electron chi connectivity index (χ3n) is 4.87. The van der Waals surface area contributed by atoms with E-state index in [1.54, 1.807) is 13.8 Å². The maximum Gasteiger partial charge on any atom is 0.305 e. The van der Waals surface area contributed by atoms with Gasteiger partial charge in [-0.1, -0.05) is 13.8 Å². The highest BCUT2D eigenvalue weighted by Gasteiger charge is 2.32. The fourth-order valence-electron chi connectivity index (χ4n) is 2.94. The van der Waals surface area contributed by atoms with Gasteiger partial charge in [-0.15, -0.1) is 0 Å². The number of aliphatic imine (C=N–C) groups is 1. The predicted molar refractivity (Wildman–Crippen MR) is 127 cm³/mol. The van der Waals surface area contributed by atoms with E-state index in [9.17, 15) is 28.8 Å². The summed E-state index contributed by atoms with van der Waals surface area (Å²) in [7, 11) is 0. The minimum atomic E-state index is -1.65. The van der Waals surface area contributed by atoms with Crippen molar-refractivity contribution in [2.75, 3.05) is 6.54 Å². The van der Waals surface area contributed by atoms with Crippen LogP contribution < -0.4 is 38.9 Å². The molecule has 0 saturated carbocycles. The molecule has 0 aromatic carbocycles. The number of carboxylic acids is 2. The number of aliphatic carboxylic acids is 2. The molecule has 204 valence electrons. The van der Waals surface area contributed by atoms with Gasteiger partial charge in [-0.05, 0) is 25.2 Å². The van der Waals surface area contributed by atoms with Gasteiger partial charge in [-0.2, -0.15) is 0 Å². The second-order valence-electron chi connectivity index (χ2n) is 8.34. The summed E-state index contributed by atoms with van der Waals surface area (Å²) < 4.78 is 0. The van der Waals surface area contributed by atoms with Gasteiger partial charge >= 0.3 is 11.9 Å². The van der Waals surface area contributed by atoms with Crippen molar-refractivity contribution >= 4 is 41.5 Å². The Bertz CT molecular complexity index is 844. The highest BCUT2D eigenvalue weighted by atomic mass is 16.4. The Balaban J connectivity index is 5.49. The number of primary amides is 1. The van der Waals surface area contributed by atoms with Crippen LogP contribution in [0.15, 0.2) is 4.99 Å². The lowest BCUT2D eigenvalue weighted by molar-refractivity contribution is -0.141. The van der Waals surface area contributed by atoms with Gasteiger partial charge in [0.25, 0.3) is 0 Å². The van der Waals surface area contributed by atoms with Crippen LogP contribution in [-0.2, 0) is 28.8 Å². The van der Waals surface area contributed by atoms with Gasteiger partial charge in [0.2, 0.25) is 23.6 Å². The first kappa shape index (κ1) is 32.0. The van der Waals surface area contributed by atoms with Crippen LogP contribution in [0.4, 0.5) is 0 Å². The molecule has 0 rings (SSSR count). The zero-order valence-corrected chi connectivity index (χ0v) is 20.2. The van der Waals surface area contributed by atoms with Crippen molar-refractivity contribution in [1.82, 2.24) is 16.0 Å². The van der Waals surface area contributed by atoms with Crippen molar-refractivity contribution in [2.24, 2.45) is 33.8 Å². The Morgan fingerprint density at radius 1 is 0.806 bits per heavy atom. The molecule has 0 spiro atoms. The van der Waals surface area contributed by atoms with Gasteiger partial charge in [-0.3, -0.25) is 33.8 Å². The van der Waals surface area contributed by atoms with Crippen molar-refractivity contribution in [3.63, 3.8) is 0 Å².